The second-order valence-corrected chi connectivity index (χ2v) is 7.49. The summed E-state index contributed by atoms with van der Waals surface area (Å²) >= 11 is 6.25. The minimum absolute atomic E-state index is 0.600. The molecule has 1 saturated heterocycles. The molecule has 0 spiro atoms. The molecule has 6 nitrogen and oxygen atoms in total. The Bertz CT molecular complexity index is 801. The molecule has 0 amide bonds. The van der Waals surface area contributed by atoms with Crippen LogP contribution < -0.4 is 15.5 Å². The smallest absolute Gasteiger partial charge is 0.191 e. The van der Waals surface area contributed by atoms with Crippen LogP contribution in [-0.4, -0.2) is 55.1 Å². The number of aliphatic imine (C=N–C) groups is 1. The van der Waals surface area contributed by atoms with Crippen molar-refractivity contribution in [3.63, 3.8) is 0 Å². The van der Waals surface area contributed by atoms with Gasteiger partial charge in [-0.05, 0) is 42.8 Å². The number of nitrogens with one attached hydrogen (secondary N) is 2. The number of pyridine rings is 1. The first-order chi connectivity index (χ1) is 14.2. The van der Waals surface area contributed by atoms with Gasteiger partial charge < -0.3 is 20.4 Å². The topological polar surface area (TPSA) is 55.8 Å². The minimum atomic E-state index is 0.600. The van der Waals surface area contributed by atoms with Gasteiger partial charge in [0.05, 0.1) is 6.54 Å². The lowest BCUT2D eigenvalue weighted by Gasteiger charge is -2.34. The molecule has 1 fully saturated rings. The summed E-state index contributed by atoms with van der Waals surface area (Å²) in [6.45, 7) is 11.7. The molecule has 1 aliphatic heterocycles. The number of likely N-dealkylation sites (N-methyl/N-ethyl adjacent to an activating group) is 1. The first-order valence-electron chi connectivity index (χ1n) is 10.4. The molecule has 1 aliphatic rings. The Labute approximate surface area is 179 Å². The van der Waals surface area contributed by atoms with E-state index in [1.165, 1.54) is 0 Å². The average molecular weight is 415 g/mol. The molecule has 0 bridgehead atoms. The van der Waals surface area contributed by atoms with E-state index in [1.807, 2.05) is 36.5 Å². The van der Waals surface area contributed by atoms with Crippen LogP contribution in [0.4, 0.5) is 5.82 Å². The number of piperazine rings is 1. The molecule has 1 aromatic carbocycles. The van der Waals surface area contributed by atoms with E-state index in [0.717, 1.165) is 67.2 Å². The highest BCUT2D eigenvalue weighted by Crippen LogP contribution is 2.16. The van der Waals surface area contributed by atoms with Crippen molar-refractivity contribution in [3.05, 3.63) is 58.7 Å². The Morgan fingerprint density at radius 3 is 2.62 bits per heavy atom. The van der Waals surface area contributed by atoms with Crippen LogP contribution in [0.1, 0.15) is 25.0 Å². The van der Waals surface area contributed by atoms with Gasteiger partial charge in [0.2, 0.25) is 0 Å². The molecule has 0 aliphatic carbocycles. The lowest BCUT2D eigenvalue weighted by molar-refractivity contribution is 0.270. The van der Waals surface area contributed by atoms with Crippen LogP contribution in [0.2, 0.25) is 5.02 Å². The second-order valence-electron chi connectivity index (χ2n) is 7.08. The molecule has 2 aromatic rings. The molecule has 3 rings (SSSR count). The molecule has 1 aromatic heterocycles. The van der Waals surface area contributed by atoms with Gasteiger partial charge in [0.1, 0.15) is 5.82 Å². The summed E-state index contributed by atoms with van der Waals surface area (Å²) in [5.41, 5.74) is 2.21. The fourth-order valence-electron chi connectivity index (χ4n) is 3.36. The number of anilines is 1. The molecule has 0 atom stereocenters. The van der Waals surface area contributed by atoms with E-state index in [4.69, 9.17) is 16.6 Å². The van der Waals surface area contributed by atoms with Crippen LogP contribution in [0.15, 0.2) is 47.6 Å². The van der Waals surface area contributed by atoms with Crippen LogP contribution in [0.25, 0.3) is 0 Å². The van der Waals surface area contributed by atoms with Gasteiger partial charge in [-0.1, -0.05) is 36.7 Å². The number of nitrogens with zero attached hydrogens (tertiary/aromatic N) is 4. The van der Waals surface area contributed by atoms with E-state index in [9.17, 15) is 0 Å². The third-order valence-corrected chi connectivity index (χ3v) is 5.49. The van der Waals surface area contributed by atoms with Crippen LogP contribution in [0, 0.1) is 0 Å². The molecular formula is C22H31ClN6. The molecule has 0 saturated carbocycles. The van der Waals surface area contributed by atoms with E-state index in [1.54, 1.807) is 0 Å². The van der Waals surface area contributed by atoms with E-state index in [0.29, 0.717) is 13.1 Å². The van der Waals surface area contributed by atoms with Crippen molar-refractivity contribution in [2.24, 2.45) is 4.99 Å². The summed E-state index contributed by atoms with van der Waals surface area (Å²) < 4.78 is 0. The van der Waals surface area contributed by atoms with Gasteiger partial charge in [-0.15, -0.1) is 0 Å². The van der Waals surface area contributed by atoms with E-state index in [2.05, 4.69) is 45.3 Å². The first-order valence-corrected chi connectivity index (χ1v) is 10.7. The Balaban J connectivity index is 1.61. The average Bonchev–Trinajstić information content (AvgIpc) is 2.77. The highest BCUT2D eigenvalue weighted by atomic mass is 35.5. The van der Waals surface area contributed by atoms with E-state index < -0.39 is 0 Å². The number of hydrogen-bond donors (Lipinski definition) is 2. The van der Waals surface area contributed by atoms with Gasteiger partial charge in [-0.2, -0.15) is 0 Å². The normalized spacial score (nSPS) is 15.4. The quantitative estimate of drug-likeness (QED) is 0.538. The number of guanidine groups is 1. The SMILES string of the molecule is CCNC(=NCc1ccnc(N2CCN(CC)CC2)c1)NCc1ccccc1Cl. The third kappa shape index (κ3) is 6.34. The second kappa shape index (κ2) is 11.0. The molecule has 2 heterocycles. The Morgan fingerprint density at radius 2 is 1.90 bits per heavy atom. The van der Waals surface area contributed by atoms with Crippen molar-refractivity contribution in [2.75, 3.05) is 44.2 Å². The Kier molecular flexibility index (Phi) is 8.14. The molecule has 0 radical (unpaired) electrons. The van der Waals surface area contributed by atoms with Gasteiger partial charge in [-0.25, -0.2) is 9.98 Å². The summed E-state index contributed by atoms with van der Waals surface area (Å²) in [5, 5.41) is 7.42. The van der Waals surface area contributed by atoms with Crippen molar-refractivity contribution in [1.82, 2.24) is 20.5 Å². The van der Waals surface area contributed by atoms with E-state index >= 15 is 0 Å². The van der Waals surface area contributed by atoms with Crippen molar-refractivity contribution < 1.29 is 0 Å². The van der Waals surface area contributed by atoms with Crippen molar-refractivity contribution in [1.29, 1.82) is 0 Å². The van der Waals surface area contributed by atoms with Crippen LogP contribution in [0.5, 0.6) is 0 Å². The van der Waals surface area contributed by atoms with Gasteiger partial charge >= 0.3 is 0 Å². The Morgan fingerprint density at radius 1 is 1.10 bits per heavy atom. The highest BCUT2D eigenvalue weighted by Gasteiger charge is 2.16. The highest BCUT2D eigenvalue weighted by molar-refractivity contribution is 6.31. The van der Waals surface area contributed by atoms with Crippen molar-refractivity contribution >= 4 is 23.4 Å². The van der Waals surface area contributed by atoms with Crippen molar-refractivity contribution in [3.8, 4) is 0 Å². The van der Waals surface area contributed by atoms with Gasteiger partial charge in [0, 0.05) is 50.5 Å². The zero-order valence-corrected chi connectivity index (χ0v) is 18.1. The lowest BCUT2D eigenvalue weighted by atomic mass is 10.2. The van der Waals surface area contributed by atoms with Gasteiger partial charge in [-0.3, -0.25) is 0 Å². The Hall–Kier alpha value is -2.31. The standard InChI is InChI=1S/C22H31ClN6/c1-3-24-22(27-17-19-7-5-6-8-20(19)23)26-16-18-9-10-25-21(15-18)29-13-11-28(4-2)12-14-29/h5-10,15H,3-4,11-14,16-17H2,1-2H3,(H2,24,26,27). The molecule has 29 heavy (non-hydrogen) atoms. The number of rotatable bonds is 7. The zero-order chi connectivity index (χ0) is 20.5. The maximum atomic E-state index is 6.25. The third-order valence-electron chi connectivity index (χ3n) is 5.12. The summed E-state index contributed by atoms with van der Waals surface area (Å²) in [4.78, 5) is 14.1. The number of benzene rings is 1. The summed E-state index contributed by atoms with van der Waals surface area (Å²) in [6.07, 6.45) is 1.89. The predicted octanol–water partition coefficient (Wildman–Crippen LogP) is 3.13. The fraction of sp³-hybridized carbons (Fsp3) is 0.455. The molecule has 0 unspecified atom stereocenters. The number of halogens is 1. The largest absolute Gasteiger partial charge is 0.357 e. The monoisotopic (exact) mass is 414 g/mol. The molecule has 156 valence electrons. The number of aromatic nitrogens is 1. The summed E-state index contributed by atoms with van der Waals surface area (Å²) in [7, 11) is 0. The van der Waals surface area contributed by atoms with Crippen LogP contribution in [-0.2, 0) is 13.1 Å². The zero-order valence-electron chi connectivity index (χ0n) is 17.4. The van der Waals surface area contributed by atoms with E-state index in [-0.39, 0.29) is 0 Å². The van der Waals surface area contributed by atoms with Gasteiger partial charge in [0.15, 0.2) is 5.96 Å². The maximum Gasteiger partial charge on any atom is 0.191 e. The van der Waals surface area contributed by atoms with Crippen LogP contribution >= 0.6 is 11.6 Å². The summed E-state index contributed by atoms with van der Waals surface area (Å²) in [6, 6.07) is 12.0. The number of hydrogen-bond acceptors (Lipinski definition) is 4. The maximum absolute atomic E-state index is 6.25. The predicted molar refractivity (Wildman–Crippen MR) is 122 cm³/mol. The summed E-state index contributed by atoms with van der Waals surface area (Å²) in [5.74, 6) is 1.82. The van der Waals surface area contributed by atoms with Crippen LogP contribution in [0.3, 0.4) is 0 Å². The minimum Gasteiger partial charge on any atom is -0.357 e. The van der Waals surface area contributed by atoms with Gasteiger partial charge in [0.25, 0.3) is 0 Å². The van der Waals surface area contributed by atoms with Crippen molar-refractivity contribution in [2.45, 2.75) is 26.9 Å². The first kappa shape index (κ1) is 21.4. The molecule has 7 heteroatoms. The molecular weight excluding hydrogens is 384 g/mol. The molecule has 2 N–H and O–H groups in total. The fourth-order valence-corrected chi connectivity index (χ4v) is 3.56. The lowest BCUT2D eigenvalue weighted by Crippen LogP contribution is -2.46.